The van der Waals surface area contributed by atoms with Gasteiger partial charge in [0.05, 0.1) is 0 Å². The van der Waals surface area contributed by atoms with E-state index in [0.717, 1.165) is 30.7 Å². The molecule has 0 saturated heterocycles. The van der Waals surface area contributed by atoms with Gasteiger partial charge in [0.25, 0.3) is 0 Å². The maximum absolute atomic E-state index is 5.90. The summed E-state index contributed by atoms with van der Waals surface area (Å²) in [7, 11) is 0. The first-order valence-electron chi connectivity index (χ1n) is 6.25. The molecule has 0 aromatic carbocycles. The lowest BCUT2D eigenvalue weighted by Gasteiger charge is -2.01. The van der Waals surface area contributed by atoms with Gasteiger partial charge in [-0.05, 0) is 38.3 Å². The molecule has 2 N–H and O–H groups in total. The third kappa shape index (κ3) is 2.13. The van der Waals surface area contributed by atoms with E-state index in [1.165, 1.54) is 0 Å². The molecule has 0 bridgehead atoms. The van der Waals surface area contributed by atoms with Crippen LogP contribution in [0.2, 0.25) is 0 Å². The number of aryl methyl sites for hydroxylation is 1. The molecule has 2 unspecified atom stereocenters. The van der Waals surface area contributed by atoms with Crippen LogP contribution in [0.4, 0.5) is 0 Å². The van der Waals surface area contributed by atoms with Crippen molar-refractivity contribution in [3.63, 3.8) is 0 Å². The summed E-state index contributed by atoms with van der Waals surface area (Å²) < 4.78 is 5.33. The van der Waals surface area contributed by atoms with Crippen molar-refractivity contribution in [1.29, 1.82) is 0 Å². The predicted octanol–water partition coefficient (Wildman–Crippen LogP) is 2.03. The Labute approximate surface area is 105 Å². The van der Waals surface area contributed by atoms with Gasteiger partial charge in [-0.15, -0.1) is 0 Å². The summed E-state index contributed by atoms with van der Waals surface area (Å²) in [4.78, 5) is 8.83. The Morgan fingerprint density at radius 3 is 2.89 bits per heavy atom. The molecule has 5 nitrogen and oxygen atoms in total. The van der Waals surface area contributed by atoms with E-state index >= 15 is 0 Å². The molecule has 0 amide bonds. The summed E-state index contributed by atoms with van der Waals surface area (Å²) in [5.41, 5.74) is 7.60. The summed E-state index contributed by atoms with van der Waals surface area (Å²) >= 11 is 0. The van der Waals surface area contributed by atoms with Crippen LogP contribution in [0.25, 0.3) is 11.5 Å². The Kier molecular flexibility index (Phi) is 2.83. The highest BCUT2D eigenvalue weighted by Gasteiger charge is 2.28. The van der Waals surface area contributed by atoms with Gasteiger partial charge in [0.15, 0.2) is 0 Å². The summed E-state index contributed by atoms with van der Waals surface area (Å²) in [6.45, 7) is 1.94. The number of nitrogens with zero attached hydrogens (tertiary/aromatic N) is 3. The number of pyridine rings is 1. The molecular weight excluding hydrogens is 228 g/mol. The van der Waals surface area contributed by atoms with E-state index in [1.54, 1.807) is 0 Å². The van der Waals surface area contributed by atoms with Gasteiger partial charge >= 0.3 is 0 Å². The van der Waals surface area contributed by atoms with Gasteiger partial charge in [-0.2, -0.15) is 4.98 Å². The van der Waals surface area contributed by atoms with Crippen molar-refractivity contribution in [2.45, 2.75) is 38.1 Å². The fraction of sp³-hybridized carbons (Fsp3) is 0.462. The van der Waals surface area contributed by atoms with Crippen LogP contribution in [-0.4, -0.2) is 21.2 Å². The summed E-state index contributed by atoms with van der Waals surface area (Å²) in [6, 6.07) is 6.05. The molecule has 2 atom stereocenters. The number of hydrogen-bond donors (Lipinski definition) is 1. The van der Waals surface area contributed by atoms with Crippen LogP contribution in [0.1, 0.15) is 36.8 Å². The maximum atomic E-state index is 5.90. The van der Waals surface area contributed by atoms with Gasteiger partial charge in [0.2, 0.25) is 11.7 Å². The molecule has 1 aliphatic carbocycles. The molecule has 2 heterocycles. The third-order valence-electron chi connectivity index (χ3n) is 3.38. The van der Waals surface area contributed by atoms with Gasteiger partial charge < -0.3 is 10.3 Å². The van der Waals surface area contributed by atoms with Crippen LogP contribution in [0.3, 0.4) is 0 Å². The summed E-state index contributed by atoms with van der Waals surface area (Å²) in [6.07, 6.45) is 3.00. The van der Waals surface area contributed by atoms with Gasteiger partial charge in [-0.25, -0.2) is 4.98 Å². The minimum absolute atomic E-state index is 0.266. The molecule has 94 valence electrons. The van der Waals surface area contributed by atoms with Gasteiger partial charge in [0.1, 0.15) is 5.69 Å². The Morgan fingerprint density at radius 2 is 2.17 bits per heavy atom. The highest BCUT2D eigenvalue weighted by Crippen LogP contribution is 2.33. The number of rotatable bonds is 2. The molecule has 1 saturated carbocycles. The van der Waals surface area contributed by atoms with Gasteiger partial charge in [-0.1, -0.05) is 11.2 Å². The molecule has 1 aliphatic rings. The molecule has 0 radical (unpaired) electrons. The number of hydrogen-bond acceptors (Lipinski definition) is 5. The quantitative estimate of drug-likeness (QED) is 0.874. The largest absolute Gasteiger partial charge is 0.339 e. The molecule has 0 aliphatic heterocycles. The lowest BCUT2D eigenvalue weighted by molar-refractivity contribution is 0.353. The summed E-state index contributed by atoms with van der Waals surface area (Å²) in [5.74, 6) is 1.57. The SMILES string of the molecule is Cc1cccc(-c2noc(C3CCC(N)C3)n2)n1. The first-order chi connectivity index (χ1) is 8.72. The van der Waals surface area contributed by atoms with Crippen LogP contribution in [0, 0.1) is 6.92 Å². The smallest absolute Gasteiger partial charge is 0.230 e. The zero-order valence-electron chi connectivity index (χ0n) is 10.3. The normalized spacial score (nSPS) is 23.4. The average Bonchev–Trinajstić information content (AvgIpc) is 2.97. The molecule has 3 rings (SSSR count). The minimum atomic E-state index is 0.266. The number of aromatic nitrogens is 3. The van der Waals surface area contributed by atoms with E-state index in [4.69, 9.17) is 10.3 Å². The van der Waals surface area contributed by atoms with Crippen molar-refractivity contribution in [2.75, 3.05) is 0 Å². The molecule has 2 aromatic rings. The monoisotopic (exact) mass is 244 g/mol. The second-order valence-corrected chi connectivity index (χ2v) is 4.89. The van der Waals surface area contributed by atoms with Crippen LogP contribution in [0.5, 0.6) is 0 Å². The van der Waals surface area contributed by atoms with Crippen LogP contribution >= 0.6 is 0 Å². The van der Waals surface area contributed by atoms with E-state index in [1.807, 2.05) is 25.1 Å². The standard InChI is InChI=1S/C13H16N4O/c1-8-3-2-4-11(15-8)12-16-13(18-17-12)9-5-6-10(14)7-9/h2-4,9-10H,5-7,14H2,1H3. The second-order valence-electron chi connectivity index (χ2n) is 4.89. The van der Waals surface area contributed by atoms with E-state index in [-0.39, 0.29) is 6.04 Å². The second kappa shape index (κ2) is 4.49. The van der Waals surface area contributed by atoms with E-state index < -0.39 is 0 Å². The van der Waals surface area contributed by atoms with Crippen molar-refractivity contribution in [2.24, 2.45) is 5.73 Å². The Bertz CT molecular complexity index is 551. The van der Waals surface area contributed by atoms with E-state index in [2.05, 4.69) is 15.1 Å². The molecule has 1 fully saturated rings. The Morgan fingerprint density at radius 1 is 1.28 bits per heavy atom. The molecular formula is C13H16N4O. The zero-order chi connectivity index (χ0) is 12.5. The van der Waals surface area contributed by atoms with Crippen LogP contribution < -0.4 is 5.73 Å². The molecule has 5 heteroatoms. The van der Waals surface area contributed by atoms with E-state index in [9.17, 15) is 0 Å². The third-order valence-corrected chi connectivity index (χ3v) is 3.38. The number of nitrogens with two attached hydrogens (primary N) is 1. The lowest BCUT2D eigenvalue weighted by atomic mass is 10.1. The molecule has 0 spiro atoms. The van der Waals surface area contributed by atoms with Crippen molar-refractivity contribution < 1.29 is 4.52 Å². The van der Waals surface area contributed by atoms with Crippen molar-refractivity contribution in [3.8, 4) is 11.5 Å². The zero-order valence-corrected chi connectivity index (χ0v) is 10.3. The Balaban J connectivity index is 1.85. The average molecular weight is 244 g/mol. The first-order valence-corrected chi connectivity index (χ1v) is 6.25. The Hall–Kier alpha value is -1.75. The van der Waals surface area contributed by atoms with Crippen molar-refractivity contribution >= 4 is 0 Å². The predicted molar refractivity (Wildman–Crippen MR) is 66.8 cm³/mol. The van der Waals surface area contributed by atoms with Gasteiger partial charge in [0, 0.05) is 17.7 Å². The topological polar surface area (TPSA) is 77.8 Å². The first kappa shape index (κ1) is 11.3. The highest BCUT2D eigenvalue weighted by molar-refractivity contribution is 5.48. The lowest BCUT2D eigenvalue weighted by Crippen LogP contribution is -2.14. The minimum Gasteiger partial charge on any atom is -0.339 e. The highest BCUT2D eigenvalue weighted by atomic mass is 16.5. The summed E-state index contributed by atoms with van der Waals surface area (Å²) in [5, 5.41) is 4.01. The maximum Gasteiger partial charge on any atom is 0.230 e. The molecule has 18 heavy (non-hydrogen) atoms. The fourth-order valence-electron chi connectivity index (χ4n) is 2.41. The molecule has 2 aromatic heterocycles. The van der Waals surface area contributed by atoms with Gasteiger partial charge in [-0.3, -0.25) is 0 Å². The van der Waals surface area contributed by atoms with Crippen molar-refractivity contribution in [1.82, 2.24) is 15.1 Å². The fourth-order valence-corrected chi connectivity index (χ4v) is 2.41. The van der Waals surface area contributed by atoms with E-state index in [0.29, 0.717) is 17.6 Å². The van der Waals surface area contributed by atoms with Crippen LogP contribution in [-0.2, 0) is 0 Å². The van der Waals surface area contributed by atoms with Crippen molar-refractivity contribution in [3.05, 3.63) is 29.8 Å². The van der Waals surface area contributed by atoms with Crippen LogP contribution in [0.15, 0.2) is 22.7 Å².